The molecular weight excluding hydrogens is 442 g/mol. The first-order valence-corrected chi connectivity index (χ1v) is 15.4. The highest BCUT2D eigenvalue weighted by Gasteiger charge is 2.32. The maximum Gasteiger partial charge on any atom is 0.224 e. The molecule has 0 aliphatic carbocycles. The zero-order valence-electron chi connectivity index (χ0n) is 21.6. The molecule has 0 saturated carbocycles. The molecule has 3 aromatic carbocycles. The second-order valence-electron chi connectivity index (χ2n) is 10.3. The summed E-state index contributed by atoms with van der Waals surface area (Å²) in [6.07, 6.45) is 2.24. The van der Waals surface area contributed by atoms with Crippen molar-refractivity contribution in [3.8, 4) is 0 Å². The van der Waals surface area contributed by atoms with E-state index in [4.69, 9.17) is 6.57 Å². The third-order valence-corrected chi connectivity index (χ3v) is 14.6. The van der Waals surface area contributed by atoms with E-state index in [2.05, 4.69) is 98.1 Å². The van der Waals surface area contributed by atoms with Crippen LogP contribution in [-0.2, 0) is 7.05 Å². The first-order chi connectivity index (χ1) is 16.9. The number of nitrogens with zero attached hydrogens (tertiary/aromatic N) is 3. The predicted octanol–water partition coefficient (Wildman–Crippen LogP) is 7.70. The van der Waals surface area contributed by atoms with Gasteiger partial charge in [-0.1, -0.05) is 56.2 Å². The second-order valence-corrected chi connectivity index (χ2v) is 15.6. The maximum atomic E-state index is 7.62. The van der Waals surface area contributed by atoms with Crippen LogP contribution < -0.4 is 9.75 Å². The minimum absolute atomic E-state index is 0.701. The largest absolute Gasteiger partial charge is 0.308 e. The number of benzene rings is 3. The minimum atomic E-state index is -1.58. The van der Waals surface area contributed by atoms with Crippen LogP contribution in [0.15, 0.2) is 48.7 Å². The Labute approximate surface area is 207 Å². The Morgan fingerprint density at radius 1 is 0.886 bits per heavy atom. The third-order valence-electron chi connectivity index (χ3n) is 9.02. The van der Waals surface area contributed by atoms with Crippen LogP contribution in [0, 0.1) is 20.4 Å². The van der Waals surface area contributed by atoms with Gasteiger partial charge in [-0.3, -0.25) is 0 Å². The quantitative estimate of drug-likeness (QED) is 0.0816. The Kier molecular flexibility index (Phi) is 4.75. The smallest absolute Gasteiger partial charge is 0.224 e. The van der Waals surface area contributed by atoms with E-state index in [0.717, 1.165) is 0 Å². The molecule has 0 unspecified atom stereocenters. The lowest BCUT2D eigenvalue weighted by Crippen LogP contribution is -2.45. The zero-order chi connectivity index (χ0) is 24.6. The van der Waals surface area contributed by atoms with E-state index in [0.29, 0.717) is 5.69 Å². The van der Waals surface area contributed by atoms with Crippen molar-refractivity contribution in [2.75, 3.05) is 0 Å². The summed E-state index contributed by atoms with van der Waals surface area (Å²) in [5.74, 6) is 0. The van der Waals surface area contributed by atoms with Crippen LogP contribution in [-0.4, -0.2) is 12.5 Å². The minimum Gasteiger partial charge on any atom is -0.308 e. The molecule has 0 N–H and O–H groups in total. The van der Waals surface area contributed by atoms with Gasteiger partial charge in [-0.05, 0) is 60.0 Å². The molecule has 3 aromatic heterocycles. The second kappa shape index (κ2) is 7.54. The highest BCUT2D eigenvalue weighted by molar-refractivity contribution is 6.92. The van der Waals surface area contributed by atoms with E-state index in [1.165, 1.54) is 78.3 Å². The molecule has 4 heteroatoms. The monoisotopic (exact) mass is 474 g/mol. The molecule has 0 saturated heterocycles. The van der Waals surface area contributed by atoms with E-state index >= 15 is 0 Å². The number of hydrogen-bond acceptors (Lipinski definition) is 0. The fraction of sp³-hybridized carbons (Fsp3) is 0.290. The summed E-state index contributed by atoms with van der Waals surface area (Å²) in [7, 11) is 0.598. The summed E-state index contributed by atoms with van der Waals surface area (Å²) in [5, 5.41) is 8.03. The fourth-order valence-corrected chi connectivity index (χ4v) is 10.3. The van der Waals surface area contributed by atoms with Gasteiger partial charge in [0.15, 0.2) is 11.9 Å². The molecule has 35 heavy (non-hydrogen) atoms. The summed E-state index contributed by atoms with van der Waals surface area (Å²) < 4.78 is 4.82. The summed E-state index contributed by atoms with van der Waals surface area (Å²) in [6, 6.07) is 19.7. The van der Waals surface area contributed by atoms with Gasteiger partial charge in [0.2, 0.25) is 5.52 Å². The molecule has 0 bridgehead atoms. The molecular formula is C31H32N3Si+. The van der Waals surface area contributed by atoms with Gasteiger partial charge in [-0.2, -0.15) is 0 Å². The van der Waals surface area contributed by atoms with Crippen LogP contribution >= 0.6 is 0 Å². The summed E-state index contributed by atoms with van der Waals surface area (Å²) in [5.41, 5.74) is 8.44. The zero-order valence-corrected chi connectivity index (χ0v) is 22.6. The highest BCUT2D eigenvalue weighted by Crippen LogP contribution is 2.42. The van der Waals surface area contributed by atoms with E-state index in [1.54, 1.807) is 5.19 Å². The van der Waals surface area contributed by atoms with Crippen molar-refractivity contribution in [2.24, 2.45) is 7.05 Å². The van der Waals surface area contributed by atoms with Gasteiger partial charge < -0.3 is 4.40 Å². The average Bonchev–Trinajstić information content (AvgIpc) is 3.20. The lowest BCUT2D eigenvalue weighted by atomic mass is 9.96. The lowest BCUT2D eigenvalue weighted by molar-refractivity contribution is -0.643. The topological polar surface area (TPSA) is 12.6 Å². The van der Waals surface area contributed by atoms with E-state index in [-0.39, 0.29) is 0 Å². The van der Waals surface area contributed by atoms with Crippen molar-refractivity contribution in [1.82, 2.24) is 4.40 Å². The van der Waals surface area contributed by atoms with Gasteiger partial charge >= 0.3 is 0 Å². The molecule has 0 radical (unpaired) electrons. The van der Waals surface area contributed by atoms with Crippen LogP contribution in [0.1, 0.15) is 31.9 Å². The summed E-state index contributed by atoms with van der Waals surface area (Å²) in [4.78, 5) is 3.75. The molecule has 3 heterocycles. The molecule has 0 fully saturated rings. The van der Waals surface area contributed by atoms with Crippen LogP contribution in [0.25, 0.3) is 53.8 Å². The lowest BCUT2D eigenvalue weighted by Gasteiger charge is -2.29. The number of aromatic nitrogens is 2. The first-order valence-electron chi connectivity index (χ1n) is 12.8. The molecule has 0 spiro atoms. The molecule has 6 rings (SSSR count). The summed E-state index contributed by atoms with van der Waals surface area (Å²) in [6.45, 7) is 19.3. The predicted molar refractivity (Wildman–Crippen MR) is 152 cm³/mol. The van der Waals surface area contributed by atoms with Crippen molar-refractivity contribution >= 4 is 67.9 Å². The van der Waals surface area contributed by atoms with E-state index < -0.39 is 8.07 Å². The number of pyridine rings is 2. The van der Waals surface area contributed by atoms with Crippen molar-refractivity contribution in [1.29, 1.82) is 0 Å². The Morgan fingerprint density at radius 2 is 1.63 bits per heavy atom. The number of fused-ring (bicyclic) bond motifs is 5. The molecule has 3 nitrogen and oxygen atoms in total. The fourth-order valence-electron chi connectivity index (χ4n) is 6.63. The van der Waals surface area contributed by atoms with Crippen molar-refractivity contribution < 1.29 is 4.57 Å². The molecule has 0 amide bonds. The van der Waals surface area contributed by atoms with Crippen molar-refractivity contribution in [2.45, 2.75) is 52.8 Å². The van der Waals surface area contributed by atoms with Crippen LogP contribution in [0.4, 0.5) is 5.69 Å². The molecule has 0 aliphatic heterocycles. The van der Waals surface area contributed by atoms with Gasteiger partial charge in [-0.25, -0.2) is 9.41 Å². The molecule has 0 atom stereocenters. The summed E-state index contributed by atoms with van der Waals surface area (Å²) >= 11 is 0. The van der Waals surface area contributed by atoms with Gasteiger partial charge in [0, 0.05) is 11.5 Å². The Morgan fingerprint density at radius 3 is 2.31 bits per heavy atom. The van der Waals surface area contributed by atoms with Gasteiger partial charge in [0.05, 0.1) is 42.0 Å². The first kappa shape index (κ1) is 22.1. The Balaban J connectivity index is 1.99. The van der Waals surface area contributed by atoms with Crippen molar-refractivity contribution in [3.05, 3.63) is 71.2 Å². The normalized spacial score (nSPS) is 12.6. The number of aryl methyl sites for hydroxylation is 3. The maximum absolute atomic E-state index is 7.62. The molecule has 174 valence electrons. The van der Waals surface area contributed by atoms with Gasteiger partial charge in [0.25, 0.3) is 0 Å². The van der Waals surface area contributed by atoms with Crippen molar-refractivity contribution in [3.63, 3.8) is 0 Å². The van der Waals surface area contributed by atoms with Crippen LogP contribution in [0.5, 0.6) is 0 Å². The van der Waals surface area contributed by atoms with E-state index in [1.807, 2.05) is 6.07 Å². The van der Waals surface area contributed by atoms with E-state index in [9.17, 15) is 0 Å². The third kappa shape index (κ3) is 2.73. The van der Waals surface area contributed by atoms with Crippen LogP contribution in [0.3, 0.4) is 0 Å². The van der Waals surface area contributed by atoms with Gasteiger partial charge in [0.1, 0.15) is 7.05 Å². The van der Waals surface area contributed by atoms with Gasteiger partial charge in [-0.15, -0.1) is 0 Å². The van der Waals surface area contributed by atoms with Crippen LogP contribution in [0.2, 0.25) is 18.1 Å². The molecule has 6 aromatic rings. The average molecular weight is 475 g/mol. The molecule has 0 aliphatic rings. The Hall–Kier alpha value is -3.42. The SMILES string of the molecule is [C-]#[N+]c1ccc2c(c1)c1cc(C)c(C)c3c1n2c1cc([Si](CC)(CC)CC)cc2cc[n+](C)c3c21. The number of hydrogen-bond donors (Lipinski definition) is 0. The number of rotatable bonds is 4. The standard InChI is InChI=1S/C31H32N3Si/c1-8-35(9-2,10-3)23-16-21-13-14-33(7)31-28-20(5)19(4)15-25-24-17-22(32-6)11-12-26(24)34(30(25)28)27(18-23)29(21)31/h11-18H,8-10H2,1-5,7H3/q+1. The highest BCUT2D eigenvalue weighted by atomic mass is 28.3. The Bertz CT molecular complexity index is 1840.